The summed E-state index contributed by atoms with van der Waals surface area (Å²) in [5.41, 5.74) is 7.01. The molecule has 1 aromatic carbocycles. The van der Waals surface area contributed by atoms with Crippen molar-refractivity contribution in [1.29, 1.82) is 5.41 Å². The van der Waals surface area contributed by atoms with Gasteiger partial charge < -0.3 is 29.7 Å². The Hall–Kier alpha value is -3.84. The van der Waals surface area contributed by atoms with Gasteiger partial charge in [0.15, 0.2) is 12.2 Å². The number of oxime groups is 1. The van der Waals surface area contributed by atoms with Crippen molar-refractivity contribution in [2.24, 2.45) is 10.9 Å². The van der Waals surface area contributed by atoms with Crippen LogP contribution in [-0.4, -0.2) is 66.9 Å². The standard InChI is InChI=1S/C25H32FN7O5/c26-22-17(16-37-25(34)31-23(27)28)4-3-5-20(22)18-14-29-24(30-15-18)33-9-7-19(8-10-33)32-38-13-12-36-21-6-1-2-11-35-21/h3-5,14-15,21H,1-2,6-13,16H2,(H4,27,28,31,34). The number of halogens is 1. The first-order chi connectivity index (χ1) is 18.5. The molecule has 38 heavy (non-hydrogen) atoms. The molecular formula is C25H32FN7O5. The zero-order valence-electron chi connectivity index (χ0n) is 21.0. The van der Waals surface area contributed by atoms with Crippen LogP contribution in [0.15, 0.2) is 35.7 Å². The number of nitrogens with zero attached hydrogens (tertiary/aromatic N) is 4. The van der Waals surface area contributed by atoms with E-state index < -0.39 is 17.9 Å². The van der Waals surface area contributed by atoms with Crippen molar-refractivity contribution in [3.63, 3.8) is 0 Å². The van der Waals surface area contributed by atoms with Gasteiger partial charge in [-0.1, -0.05) is 23.4 Å². The minimum atomic E-state index is -0.935. The lowest BCUT2D eigenvalue weighted by Crippen LogP contribution is -2.36. The Morgan fingerprint density at radius 1 is 1.24 bits per heavy atom. The molecule has 1 amide bonds. The van der Waals surface area contributed by atoms with Crippen molar-refractivity contribution in [2.75, 3.05) is 37.8 Å². The quantitative estimate of drug-likeness (QED) is 0.192. The topological polar surface area (TPSA) is 157 Å². The van der Waals surface area contributed by atoms with Crippen LogP contribution in [-0.2, 0) is 25.7 Å². The lowest BCUT2D eigenvalue weighted by molar-refractivity contribution is -0.169. The van der Waals surface area contributed by atoms with Crippen LogP contribution in [0.3, 0.4) is 0 Å². The summed E-state index contributed by atoms with van der Waals surface area (Å²) < 4.78 is 31.1. The minimum Gasteiger partial charge on any atom is -0.444 e. The molecule has 1 atom stereocenters. The summed E-state index contributed by atoms with van der Waals surface area (Å²) in [5.74, 6) is -0.552. The number of carbonyl (C=O) groups is 1. The number of benzene rings is 1. The number of anilines is 1. The molecule has 1 unspecified atom stereocenters. The Kier molecular flexibility index (Phi) is 9.76. The van der Waals surface area contributed by atoms with Gasteiger partial charge in [-0.25, -0.2) is 19.2 Å². The lowest BCUT2D eigenvalue weighted by atomic mass is 10.1. The van der Waals surface area contributed by atoms with Crippen molar-refractivity contribution in [3.05, 3.63) is 42.0 Å². The Balaban J connectivity index is 1.24. The fourth-order valence-corrected chi connectivity index (χ4v) is 4.08. The van der Waals surface area contributed by atoms with Crippen LogP contribution >= 0.6 is 0 Å². The molecule has 2 fully saturated rings. The number of aromatic nitrogens is 2. The van der Waals surface area contributed by atoms with Crippen LogP contribution in [0.4, 0.5) is 15.1 Å². The molecule has 2 aromatic rings. The zero-order chi connectivity index (χ0) is 26.7. The molecule has 4 rings (SSSR count). The van der Waals surface area contributed by atoms with E-state index >= 15 is 4.39 Å². The van der Waals surface area contributed by atoms with Crippen LogP contribution in [0.5, 0.6) is 0 Å². The molecule has 13 heteroatoms. The summed E-state index contributed by atoms with van der Waals surface area (Å²) in [6.45, 7) is 2.64. The van der Waals surface area contributed by atoms with Gasteiger partial charge in [-0.15, -0.1) is 0 Å². The second-order valence-electron chi connectivity index (χ2n) is 8.81. The number of guanidine groups is 1. The third-order valence-electron chi connectivity index (χ3n) is 6.06. The smallest absolute Gasteiger partial charge is 0.414 e. The van der Waals surface area contributed by atoms with Crippen LogP contribution in [0.25, 0.3) is 11.1 Å². The van der Waals surface area contributed by atoms with Gasteiger partial charge in [0, 0.05) is 61.6 Å². The largest absolute Gasteiger partial charge is 0.444 e. The third-order valence-corrected chi connectivity index (χ3v) is 6.06. The monoisotopic (exact) mass is 529 g/mol. The SMILES string of the molecule is N=C(N)NC(=O)OCc1cccc(-c2cnc(N3CCC(=NOCCOC4CCCCO4)CC3)nc2)c1F. The number of hydrogen-bond donors (Lipinski definition) is 3. The van der Waals surface area contributed by atoms with Crippen molar-refractivity contribution in [2.45, 2.75) is 45.0 Å². The summed E-state index contributed by atoms with van der Waals surface area (Å²) in [4.78, 5) is 27.8. The highest BCUT2D eigenvalue weighted by atomic mass is 19.1. The second kappa shape index (κ2) is 13.6. The molecule has 4 N–H and O–H groups in total. The molecule has 0 radical (unpaired) electrons. The molecular weight excluding hydrogens is 497 g/mol. The number of nitrogens with two attached hydrogens (primary N) is 1. The van der Waals surface area contributed by atoms with E-state index in [9.17, 15) is 4.79 Å². The highest BCUT2D eigenvalue weighted by molar-refractivity contribution is 5.90. The average molecular weight is 530 g/mol. The number of piperidine rings is 1. The van der Waals surface area contributed by atoms with E-state index in [4.69, 9.17) is 30.2 Å². The number of amides is 1. The van der Waals surface area contributed by atoms with Crippen LogP contribution in [0.1, 0.15) is 37.7 Å². The molecule has 0 aliphatic carbocycles. The summed E-state index contributed by atoms with van der Waals surface area (Å²) in [6, 6.07) is 4.75. The average Bonchev–Trinajstić information content (AvgIpc) is 2.93. The van der Waals surface area contributed by atoms with Crippen LogP contribution < -0.4 is 16.0 Å². The van der Waals surface area contributed by atoms with E-state index in [1.165, 1.54) is 6.07 Å². The first-order valence-electron chi connectivity index (χ1n) is 12.5. The van der Waals surface area contributed by atoms with E-state index in [-0.39, 0.29) is 24.0 Å². The molecule has 12 nitrogen and oxygen atoms in total. The molecule has 3 heterocycles. The molecule has 0 spiro atoms. The number of rotatable bonds is 9. The van der Waals surface area contributed by atoms with Gasteiger partial charge in [-0.05, 0) is 19.3 Å². The first-order valence-corrected chi connectivity index (χ1v) is 12.5. The van der Waals surface area contributed by atoms with Gasteiger partial charge in [0.2, 0.25) is 5.95 Å². The van der Waals surface area contributed by atoms with Crippen LogP contribution in [0, 0.1) is 11.2 Å². The van der Waals surface area contributed by atoms with Gasteiger partial charge in [0.1, 0.15) is 19.0 Å². The zero-order valence-corrected chi connectivity index (χ0v) is 21.0. The molecule has 2 saturated heterocycles. The van der Waals surface area contributed by atoms with E-state index in [1.54, 1.807) is 24.5 Å². The predicted octanol–water partition coefficient (Wildman–Crippen LogP) is 2.92. The van der Waals surface area contributed by atoms with Gasteiger partial charge in [-0.2, -0.15) is 0 Å². The number of alkyl carbamates (subject to hydrolysis) is 1. The molecule has 1 aromatic heterocycles. The number of nitrogens with one attached hydrogen (secondary N) is 2. The van der Waals surface area contributed by atoms with Crippen molar-refractivity contribution in [3.8, 4) is 11.1 Å². The van der Waals surface area contributed by atoms with E-state index in [0.29, 0.717) is 37.8 Å². The van der Waals surface area contributed by atoms with Gasteiger partial charge in [0.05, 0.1) is 12.3 Å². The molecule has 0 saturated carbocycles. The highest BCUT2D eigenvalue weighted by Crippen LogP contribution is 2.26. The number of carbonyl (C=O) groups excluding carboxylic acids is 1. The summed E-state index contributed by atoms with van der Waals surface area (Å²) in [7, 11) is 0. The van der Waals surface area contributed by atoms with E-state index in [1.807, 2.05) is 10.2 Å². The third kappa shape index (κ3) is 7.83. The fraction of sp³-hybridized carbons (Fsp3) is 0.480. The van der Waals surface area contributed by atoms with E-state index in [2.05, 4.69) is 15.1 Å². The Morgan fingerprint density at radius 3 is 2.74 bits per heavy atom. The van der Waals surface area contributed by atoms with Crippen molar-refractivity contribution in [1.82, 2.24) is 15.3 Å². The fourth-order valence-electron chi connectivity index (χ4n) is 4.08. The minimum absolute atomic E-state index is 0.129. The summed E-state index contributed by atoms with van der Waals surface area (Å²) in [6.07, 6.45) is 6.66. The predicted molar refractivity (Wildman–Crippen MR) is 137 cm³/mol. The normalized spacial score (nSPS) is 17.6. The molecule has 0 bridgehead atoms. The maximum Gasteiger partial charge on any atom is 0.414 e. The molecule has 2 aliphatic rings. The maximum atomic E-state index is 15.0. The Bertz CT molecular complexity index is 1120. The Morgan fingerprint density at radius 2 is 2.03 bits per heavy atom. The molecule has 2 aliphatic heterocycles. The Labute approximate surface area is 219 Å². The van der Waals surface area contributed by atoms with E-state index in [0.717, 1.165) is 44.4 Å². The lowest BCUT2D eigenvalue weighted by Gasteiger charge is -2.27. The van der Waals surface area contributed by atoms with Gasteiger partial charge in [0.25, 0.3) is 0 Å². The van der Waals surface area contributed by atoms with Gasteiger partial charge in [-0.3, -0.25) is 10.7 Å². The van der Waals surface area contributed by atoms with Crippen molar-refractivity contribution < 1.29 is 28.2 Å². The van der Waals surface area contributed by atoms with Crippen molar-refractivity contribution >= 4 is 23.7 Å². The number of ether oxygens (including phenoxy) is 3. The molecule has 204 valence electrons. The maximum absolute atomic E-state index is 15.0. The van der Waals surface area contributed by atoms with Crippen LogP contribution in [0.2, 0.25) is 0 Å². The summed E-state index contributed by atoms with van der Waals surface area (Å²) in [5, 5.41) is 13.2. The second-order valence-corrected chi connectivity index (χ2v) is 8.81. The summed E-state index contributed by atoms with van der Waals surface area (Å²) >= 11 is 0. The highest BCUT2D eigenvalue weighted by Gasteiger charge is 2.19. The van der Waals surface area contributed by atoms with Gasteiger partial charge >= 0.3 is 6.09 Å². The first kappa shape index (κ1) is 27.2. The number of hydrogen-bond acceptors (Lipinski definition) is 10.